The van der Waals surface area contributed by atoms with Crippen LogP contribution in [-0.2, 0) is 7.05 Å². The second-order valence-corrected chi connectivity index (χ2v) is 8.28. The molecule has 0 aliphatic heterocycles. The zero-order chi connectivity index (χ0) is 22.1. The second kappa shape index (κ2) is 8.45. The lowest BCUT2D eigenvalue weighted by Crippen LogP contribution is -2.14. The maximum absolute atomic E-state index is 13.0. The van der Waals surface area contributed by atoms with E-state index in [4.69, 9.17) is 9.84 Å². The number of anilines is 1. The molecule has 0 atom stereocenters. The number of fused-ring (bicyclic) bond motifs is 1. The van der Waals surface area contributed by atoms with E-state index >= 15 is 0 Å². The van der Waals surface area contributed by atoms with Gasteiger partial charge in [-0.15, -0.1) is 0 Å². The molecule has 32 heavy (non-hydrogen) atoms. The van der Waals surface area contributed by atoms with Gasteiger partial charge in [0.15, 0.2) is 0 Å². The number of pyridine rings is 1. The highest BCUT2D eigenvalue weighted by molar-refractivity contribution is 6.05. The molecule has 8 nitrogen and oxygen atoms in total. The number of ether oxygens (including phenoxy) is 1. The van der Waals surface area contributed by atoms with Crippen LogP contribution in [0.3, 0.4) is 0 Å². The van der Waals surface area contributed by atoms with Crippen LogP contribution >= 0.6 is 0 Å². The Labute approximate surface area is 186 Å². The summed E-state index contributed by atoms with van der Waals surface area (Å²) in [6.07, 6.45) is 11.8. The van der Waals surface area contributed by atoms with Crippen molar-refractivity contribution in [3.63, 3.8) is 0 Å². The van der Waals surface area contributed by atoms with Gasteiger partial charge in [0, 0.05) is 36.5 Å². The first kappa shape index (κ1) is 20.2. The number of carbonyl (C=O) groups excluding carboxylic acids is 1. The average molecular weight is 431 g/mol. The van der Waals surface area contributed by atoms with Gasteiger partial charge in [-0.25, -0.2) is 4.98 Å². The van der Waals surface area contributed by atoms with Crippen molar-refractivity contribution in [1.82, 2.24) is 24.5 Å². The van der Waals surface area contributed by atoms with Crippen LogP contribution in [0.1, 0.15) is 48.6 Å². The van der Waals surface area contributed by atoms with Gasteiger partial charge in [0.1, 0.15) is 11.4 Å². The van der Waals surface area contributed by atoms with E-state index in [1.165, 1.54) is 19.3 Å². The van der Waals surface area contributed by atoms with Gasteiger partial charge in [-0.05, 0) is 31.0 Å². The van der Waals surface area contributed by atoms with E-state index < -0.39 is 0 Å². The van der Waals surface area contributed by atoms with Crippen molar-refractivity contribution >= 4 is 22.5 Å². The Morgan fingerprint density at radius 1 is 1.16 bits per heavy atom. The van der Waals surface area contributed by atoms with E-state index in [2.05, 4.69) is 26.3 Å². The molecular formula is C24H26N6O2. The summed E-state index contributed by atoms with van der Waals surface area (Å²) < 4.78 is 9.33. The zero-order valence-corrected chi connectivity index (χ0v) is 18.3. The van der Waals surface area contributed by atoms with Crippen LogP contribution in [0.5, 0.6) is 5.75 Å². The molecule has 1 amide bonds. The predicted molar refractivity (Wildman–Crippen MR) is 123 cm³/mol. The largest absolute Gasteiger partial charge is 0.494 e. The summed E-state index contributed by atoms with van der Waals surface area (Å²) >= 11 is 0. The van der Waals surface area contributed by atoms with Crippen LogP contribution in [0.4, 0.5) is 5.69 Å². The Bertz CT molecular complexity index is 1270. The Kier molecular flexibility index (Phi) is 5.34. The molecule has 1 aliphatic carbocycles. The fourth-order valence-electron chi connectivity index (χ4n) is 4.33. The molecule has 0 saturated heterocycles. The minimum atomic E-state index is -0.298. The number of rotatable bonds is 5. The number of nitrogens with one attached hydrogen (secondary N) is 1. The molecule has 8 heteroatoms. The van der Waals surface area contributed by atoms with Crippen molar-refractivity contribution in [1.29, 1.82) is 0 Å². The van der Waals surface area contributed by atoms with Crippen molar-refractivity contribution < 1.29 is 9.53 Å². The van der Waals surface area contributed by atoms with E-state index in [0.29, 0.717) is 28.9 Å². The smallest absolute Gasteiger partial charge is 0.274 e. The molecule has 0 spiro atoms. The second-order valence-electron chi connectivity index (χ2n) is 8.28. The summed E-state index contributed by atoms with van der Waals surface area (Å²) in [5, 5.41) is 12.9. The number of amides is 1. The molecule has 0 unspecified atom stereocenters. The van der Waals surface area contributed by atoms with Crippen LogP contribution in [0.2, 0.25) is 0 Å². The molecule has 164 valence electrons. The summed E-state index contributed by atoms with van der Waals surface area (Å²) in [6.45, 7) is 0. The molecule has 1 N–H and O–H groups in total. The lowest BCUT2D eigenvalue weighted by molar-refractivity contribution is 0.102. The zero-order valence-electron chi connectivity index (χ0n) is 18.3. The van der Waals surface area contributed by atoms with E-state index in [1.54, 1.807) is 24.1 Å². The van der Waals surface area contributed by atoms with E-state index in [0.717, 1.165) is 29.3 Å². The van der Waals surface area contributed by atoms with E-state index in [1.807, 2.05) is 37.5 Å². The van der Waals surface area contributed by atoms with Crippen molar-refractivity contribution in [3.8, 4) is 17.0 Å². The van der Waals surface area contributed by atoms with Crippen molar-refractivity contribution in [2.75, 3.05) is 12.4 Å². The normalized spacial score (nSPS) is 14.6. The monoisotopic (exact) mass is 430 g/mol. The Morgan fingerprint density at radius 2 is 2.00 bits per heavy atom. The Morgan fingerprint density at radius 3 is 2.75 bits per heavy atom. The average Bonchev–Trinajstić information content (AvgIpc) is 3.45. The molecule has 5 rings (SSSR count). The van der Waals surface area contributed by atoms with Gasteiger partial charge in [0.05, 0.1) is 36.2 Å². The predicted octanol–water partition coefficient (Wildman–Crippen LogP) is 4.60. The number of aromatic nitrogens is 5. The van der Waals surface area contributed by atoms with Crippen molar-refractivity contribution in [2.24, 2.45) is 7.05 Å². The SMILES string of the molecule is COc1cc2nn(C3CCCCC3)cc2cc1NC(=O)c1cccc(-c2cnn(C)c2)n1. The van der Waals surface area contributed by atoms with Gasteiger partial charge in [0.25, 0.3) is 5.91 Å². The third-order valence-electron chi connectivity index (χ3n) is 6.02. The summed E-state index contributed by atoms with van der Waals surface area (Å²) in [5.41, 5.74) is 3.34. The van der Waals surface area contributed by atoms with Crippen molar-refractivity contribution in [3.05, 3.63) is 54.6 Å². The van der Waals surface area contributed by atoms with Crippen LogP contribution in [0.25, 0.3) is 22.2 Å². The van der Waals surface area contributed by atoms with Gasteiger partial charge in [0.2, 0.25) is 0 Å². The molecular weight excluding hydrogens is 404 g/mol. The minimum Gasteiger partial charge on any atom is -0.494 e. The first-order valence-electron chi connectivity index (χ1n) is 10.9. The molecule has 3 heterocycles. The van der Waals surface area contributed by atoms with Gasteiger partial charge < -0.3 is 10.1 Å². The maximum Gasteiger partial charge on any atom is 0.274 e. The van der Waals surface area contributed by atoms with Gasteiger partial charge in [-0.2, -0.15) is 10.2 Å². The first-order valence-corrected chi connectivity index (χ1v) is 10.9. The van der Waals surface area contributed by atoms with Gasteiger partial charge in [-0.1, -0.05) is 25.3 Å². The van der Waals surface area contributed by atoms with Crippen LogP contribution in [-0.4, -0.2) is 37.6 Å². The molecule has 1 fully saturated rings. The lowest BCUT2D eigenvalue weighted by atomic mass is 9.96. The number of hydrogen-bond donors (Lipinski definition) is 1. The van der Waals surface area contributed by atoms with E-state index in [-0.39, 0.29) is 5.91 Å². The topological polar surface area (TPSA) is 86.9 Å². The minimum absolute atomic E-state index is 0.298. The molecule has 0 bridgehead atoms. The van der Waals surface area contributed by atoms with E-state index in [9.17, 15) is 4.79 Å². The van der Waals surface area contributed by atoms with Crippen LogP contribution in [0.15, 0.2) is 48.9 Å². The van der Waals surface area contributed by atoms with Gasteiger partial charge >= 0.3 is 0 Å². The molecule has 1 aliphatic rings. The highest BCUT2D eigenvalue weighted by Gasteiger charge is 2.19. The van der Waals surface area contributed by atoms with Crippen LogP contribution < -0.4 is 10.1 Å². The highest BCUT2D eigenvalue weighted by atomic mass is 16.5. The number of benzene rings is 1. The van der Waals surface area contributed by atoms with Gasteiger partial charge in [-0.3, -0.25) is 14.2 Å². The summed E-state index contributed by atoms with van der Waals surface area (Å²) in [4.78, 5) is 17.5. The lowest BCUT2D eigenvalue weighted by Gasteiger charge is -2.21. The molecule has 3 aromatic heterocycles. The molecule has 1 aromatic carbocycles. The number of nitrogens with zero attached hydrogens (tertiary/aromatic N) is 5. The Hall–Kier alpha value is -3.68. The summed E-state index contributed by atoms with van der Waals surface area (Å²) in [7, 11) is 3.44. The third-order valence-corrected chi connectivity index (χ3v) is 6.02. The number of carbonyl (C=O) groups is 1. The summed E-state index contributed by atoms with van der Waals surface area (Å²) in [5.74, 6) is 0.274. The van der Waals surface area contributed by atoms with Crippen LogP contribution in [0, 0.1) is 0 Å². The molecule has 4 aromatic rings. The number of methoxy groups -OCH3 is 1. The standard InChI is InChI=1S/C24H26N6O2/c1-29-14-17(13-25-29)19-9-6-10-20(26-19)24(31)27-22-11-16-15-30(18-7-4-3-5-8-18)28-21(16)12-23(22)32-2/h6,9-15,18H,3-5,7-8H2,1-2H3,(H,27,31). The number of hydrogen-bond acceptors (Lipinski definition) is 5. The fourth-order valence-corrected chi connectivity index (χ4v) is 4.33. The number of aryl methyl sites for hydroxylation is 1. The highest BCUT2D eigenvalue weighted by Crippen LogP contribution is 2.33. The first-order chi connectivity index (χ1) is 15.6. The van der Waals surface area contributed by atoms with Crippen molar-refractivity contribution in [2.45, 2.75) is 38.1 Å². The Balaban J connectivity index is 1.42. The molecule has 1 saturated carbocycles. The fraction of sp³-hybridized carbons (Fsp3) is 0.333. The maximum atomic E-state index is 13.0. The molecule has 0 radical (unpaired) electrons. The third kappa shape index (κ3) is 3.95. The quantitative estimate of drug-likeness (QED) is 0.500. The summed E-state index contributed by atoms with van der Waals surface area (Å²) in [6, 6.07) is 9.62.